The summed E-state index contributed by atoms with van der Waals surface area (Å²) in [5.74, 6) is -0.186. The number of aliphatic hydroxyl groups excluding tert-OH is 1. The molecular weight excluding hydrogens is 231 g/mol. The van der Waals surface area contributed by atoms with Crippen LogP contribution >= 0.6 is 0 Å². The van der Waals surface area contributed by atoms with Gasteiger partial charge in [0.2, 0.25) is 0 Å². The smallest absolute Gasteiger partial charge is 0.126 e. The van der Waals surface area contributed by atoms with Crippen LogP contribution in [0.25, 0.3) is 0 Å². The van der Waals surface area contributed by atoms with E-state index >= 15 is 0 Å². The van der Waals surface area contributed by atoms with Gasteiger partial charge in [0.05, 0.1) is 0 Å². The quantitative estimate of drug-likeness (QED) is 0.615. The number of aliphatic hydroxyl groups is 1. The Hall–Kier alpha value is -0.970. The molecule has 0 bridgehead atoms. The Morgan fingerprint density at radius 3 is 2.67 bits per heavy atom. The lowest BCUT2D eigenvalue weighted by molar-refractivity contribution is 0.277. The first-order chi connectivity index (χ1) is 8.61. The van der Waals surface area contributed by atoms with E-state index in [9.17, 15) is 4.39 Å². The van der Waals surface area contributed by atoms with Crippen molar-refractivity contribution in [2.45, 2.75) is 31.7 Å². The summed E-state index contributed by atoms with van der Waals surface area (Å²) in [6, 6.07) is 6.78. The van der Waals surface area contributed by atoms with E-state index in [4.69, 9.17) is 10.8 Å². The third kappa shape index (κ3) is 4.72. The zero-order chi connectivity index (χ0) is 13.4. The van der Waals surface area contributed by atoms with Crippen molar-refractivity contribution in [1.82, 2.24) is 5.32 Å². The van der Waals surface area contributed by atoms with Gasteiger partial charge in [-0.15, -0.1) is 0 Å². The Balaban J connectivity index is 2.56. The number of benzene rings is 1. The van der Waals surface area contributed by atoms with Gasteiger partial charge in [-0.05, 0) is 44.4 Å². The highest BCUT2D eigenvalue weighted by molar-refractivity contribution is 5.20. The lowest BCUT2D eigenvalue weighted by atomic mass is 9.92. The summed E-state index contributed by atoms with van der Waals surface area (Å²) in [6.07, 6.45) is 2.23. The molecule has 1 atom stereocenters. The SMILES string of the molecule is CC(CN)(Cc1ccccc1F)NCCCCO. The van der Waals surface area contributed by atoms with Crippen LogP contribution in [0.1, 0.15) is 25.3 Å². The van der Waals surface area contributed by atoms with Crippen molar-refractivity contribution in [1.29, 1.82) is 0 Å². The molecule has 1 aromatic carbocycles. The molecule has 0 saturated heterocycles. The lowest BCUT2D eigenvalue weighted by Crippen LogP contribution is -2.50. The molecule has 1 rings (SSSR count). The second-order valence-corrected chi connectivity index (χ2v) is 4.89. The summed E-state index contributed by atoms with van der Waals surface area (Å²) in [6.45, 7) is 3.43. The Bertz CT molecular complexity index is 359. The molecule has 4 N–H and O–H groups in total. The van der Waals surface area contributed by atoms with Crippen molar-refractivity contribution >= 4 is 0 Å². The van der Waals surface area contributed by atoms with Gasteiger partial charge in [-0.1, -0.05) is 18.2 Å². The molecule has 0 amide bonds. The molecular formula is C14H23FN2O. The molecule has 0 heterocycles. The number of rotatable bonds is 8. The molecule has 102 valence electrons. The van der Waals surface area contributed by atoms with Gasteiger partial charge in [0.15, 0.2) is 0 Å². The maximum Gasteiger partial charge on any atom is 0.126 e. The van der Waals surface area contributed by atoms with E-state index < -0.39 is 0 Å². The van der Waals surface area contributed by atoms with Crippen LogP contribution in [0.3, 0.4) is 0 Å². The maximum atomic E-state index is 13.6. The fourth-order valence-corrected chi connectivity index (χ4v) is 1.90. The molecule has 0 aliphatic carbocycles. The minimum absolute atomic E-state index is 0.186. The second-order valence-electron chi connectivity index (χ2n) is 4.89. The fraction of sp³-hybridized carbons (Fsp3) is 0.571. The van der Waals surface area contributed by atoms with Crippen LogP contribution in [0.15, 0.2) is 24.3 Å². The van der Waals surface area contributed by atoms with E-state index in [-0.39, 0.29) is 18.0 Å². The molecule has 18 heavy (non-hydrogen) atoms. The largest absolute Gasteiger partial charge is 0.396 e. The topological polar surface area (TPSA) is 58.3 Å². The normalized spacial score (nSPS) is 14.4. The van der Waals surface area contributed by atoms with Crippen molar-refractivity contribution in [3.8, 4) is 0 Å². The van der Waals surface area contributed by atoms with Gasteiger partial charge in [0.25, 0.3) is 0 Å². The highest BCUT2D eigenvalue weighted by Gasteiger charge is 2.23. The van der Waals surface area contributed by atoms with Crippen LogP contribution < -0.4 is 11.1 Å². The first-order valence-corrected chi connectivity index (χ1v) is 6.41. The predicted octanol–water partition coefficient (Wildman–Crippen LogP) is 1.45. The molecule has 0 fully saturated rings. The third-order valence-corrected chi connectivity index (χ3v) is 3.13. The van der Waals surface area contributed by atoms with Crippen molar-refractivity contribution < 1.29 is 9.50 Å². The van der Waals surface area contributed by atoms with E-state index in [0.717, 1.165) is 19.4 Å². The number of hydrogen-bond donors (Lipinski definition) is 3. The average molecular weight is 254 g/mol. The van der Waals surface area contributed by atoms with Gasteiger partial charge in [-0.2, -0.15) is 0 Å². The molecule has 3 nitrogen and oxygen atoms in total. The summed E-state index contributed by atoms with van der Waals surface area (Å²) < 4.78 is 13.6. The van der Waals surface area contributed by atoms with Gasteiger partial charge < -0.3 is 16.2 Å². The Morgan fingerprint density at radius 2 is 2.06 bits per heavy atom. The first-order valence-electron chi connectivity index (χ1n) is 6.41. The molecule has 1 aromatic rings. The molecule has 0 saturated carbocycles. The number of nitrogens with two attached hydrogens (primary N) is 1. The summed E-state index contributed by atoms with van der Waals surface area (Å²) in [4.78, 5) is 0. The monoisotopic (exact) mass is 254 g/mol. The van der Waals surface area contributed by atoms with Crippen molar-refractivity contribution in [3.63, 3.8) is 0 Å². The molecule has 4 heteroatoms. The Morgan fingerprint density at radius 1 is 1.33 bits per heavy atom. The predicted molar refractivity (Wildman–Crippen MR) is 71.9 cm³/mol. The van der Waals surface area contributed by atoms with Gasteiger partial charge in [-0.3, -0.25) is 0 Å². The standard InChI is InChI=1S/C14H23FN2O/c1-14(11-16,17-8-4-5-9-18)10-12-6-2-3-7-13(12)15/h2-3,6-7,17-18H,4-5,8-11,16H2,1H3. The van der Waals surface area contributed by atoms with Crippen molar-refractivity contribution in [3.05, 3.63) is 35.6 Å². The van der Waals surface area contributed by atoms with Crippen LogP contribution in [0.4, 0.5) is 4.39 Å². The molecule has 0 radical (unpaired) electrons. The number of nitrogens with one attached hydrogen (secondary N) is 1. The minimum Gasteiger partial charge on any atom is -0.396 e. The molecule has 0 aromatic heterocycles. The lowest BCUT2D eigenvalue weighted by Gasteiger charge is -2.30. The summed E-state index contributed by atoms with van der Waals surface area (Å²) in [5.41, 5.74) is 6.16. The van der Waals surface area contributed by atoms with Gasteiger partial charge in [-0.25, -0.2) is 4.39 Å². The average Bonchev–Trinajstić information content (AvgIpc) is 2.38. The minimum atomic E-state index is -0.308. The van der Waals surface area contributed by atoms with Crippen molar-refractivity contribution in [2.75, 3.05) is 19.7 Å². The molecule has 1 unspecified atom stereocenters. The zero-order valence-corrected chi connectivity index (χ0v) is 11.0. The summed E-state index contributed by atoms with van der Waals surface area (Å²) >= 11 is 0. The van der Waals surface area contributed by atoms with E-state index in [1.54, 1.807) is 12.1 Å². The van der Waals surface area contributed by atoms with Gasteiger partial charge in [0, 0.05) is 18.7 Å². The third-order valence-electron chi connectivity index (χ3n) is 3.13. The number of hydrogen-bond acceptors (Lipinski definition) is 3. The second kappa shape index (κ2) is 7.46. The van der Waals surface area contributed by atoms with Gasteiger partial charge >= 0.3 is 0 Å². The van der Waals surface area contributed by atoms with Gasteiger partial charge in [0.1, 0.15) is 5.82 Å². The number of unbranched alkanes of at least 4 members (excludes halogenated alkanes) is 1. The van der Waals surface area contributed by atoms with E-state index in [2.05, 4.69) is 5.32 Å². The highest BCUT2D eigenvalue weighted by atomic mass is 19.1. The maximum absolute atomic E-state index is 13.6. The van der Waals surface area contributed by atoms with Crippen LogP contribution in [0.5, 0.6) is 0 Å². The Labute approximate surface area is 108 Å². The van der Waals surface area contributed by atoms with Crippen LogP contribution in [0.2, 0.25) is 0 Å². The van der Waals surface area contributed by atoms with E-state index in [0.29, 0.717) is 18.5 Å². The summed E-state index contributed by atoms with van der Waals surface area (Å²) in [5, 5.41) is 12.1. The van der Waals surface area contributed by atoms with E-state index in [1.807, 2.05) is 13.0 Å². The highest BCUT2D eigenvalue weighted by Crippen LogP contribution is 2.15. The fourth-order valence-electron chi connectivity index (χ4n) is 1.90. The van der Waals surface area contributed by atoms with Crippen molar-refractivity contribution in [2.24, 2.45) is 5.73 Å². The van der Waals surface area contributed by atoms with Crippen LogP contribution in [-0.2, 0) is 6.42 Å². The molecule has 0 spiro atoms. The number of halogens is 1. The molecule has 0 aliphatic rings. The first kappa shape index (κ1) is 15.1. The molecule has 0 aliphatic heterocycles. The van der Waals surface area contributed by atoms with Crippen LogP contribution in [-0.4, -0.2) is 30.3 Å². The summed E-state index contributed by atoms with van der Waals surface area (Å²) in [7, 11) is 0. The zero-order valence-electron chi connectivity index (χ0n) is 11.0. The Kier molecular flexibility index (Phi) is 6.25. The van der Waals surface area contributed by atoms with Crippen LogP contribution in [0, 0.1) is 5.82 Å². The van der Waals surface area contributed by atoms with E-state index in [1.165, 1.54) is 6.07 Å².